The third kappa shape index (κ3) is 3.05. The van der Waals surface area contributed by atoms with Crippen LogP contribution in [0.15, 0.2) is 36.5 Å². The summed E-state index contributed by atoms with van der Waals surface area (Å²) in [6, 6.07) is 9.12. The summed E-state index contributed by atoms with van der Waals surface area (Å²) in [4.78, 5) is 6.56. The number of anilines is 2. The Morgan fingerprint density at radius 2 is 2.19 bits per heavy atom. The molecule has 2 aromatic rings. The van der Waals surface area contributed by atoms with Gasteiger partial charge in [0, 0.05) is 30.7 Å². The van der Waals surface area contributed by atoms with Crippen molar-refractivity contribution in [2.45, 2.75) is 26.3 Å². The first-order valence-corrected chi connectivity index (χ1v) is 7.49. The lowest BCUT2D eigenvalue weighted by Gasteiger charge is -2.20. The van der Waals surface area contributed by atoms with E-state index in [-0.39, 0.29) is 5.82 Å². The van der Waals surface area contributed by atoms with Crippen LogP contribution in [0.2, 0.25) is 0 Å². The molecule has 1 aliphatic heterocycles. The van der Waals surface area contributed by atoms with E-state index in [2.05, 4.69) is 28.2 Å². The van der Waals surface area contributed by atoms with E-state index < -0.39 is 0 Å². The van der Waals surface area contributed by atoms with Crippen molar-refractivity contribution in [1.29, 1.82) is 0 Å². The Morgan fingerprint density at radius 3 is 3.05 bits per heavy atom. The average Bonchev–Trinajstić information content (AvgIpc) is 2.91. The first-order chi connectivity index (χ1) is 10.3. The van der Waals surface area contributed by atoms with Crippen molar-refractivity contribution in [3.63, 3.8) is 0 Å². The maximum absolute atomic E-state index is 13.5. The number of nitrogens with one attached hydrogen (secondary N) is 1. The quantitative estimate of drug-likeness (QED) is 0.853. The molecule has 1 N–H and O–H groups in total. The third-order valence-electron chi connectivity index (χ3n) is 3.79. The largest absolute Gasteiger partial charge is 0.341 e. The highest BCUT2D eigenvalue weighted by atomic mass is 19.1. The zero-order chi connectivity index (χ0) is 14.7. The fourth-order valence-corrected chi connectivity index (χ4v) is 2.74. The van der Waals surface area contributed by atoms with Gasteiger partial charge in [0.2, 0.25) is 0 Å². The molecule has 3 rings (SSSR count). The van der Waals surface area contributed by atoms with Gasteiger partial charge in [-0.2, -0.15) is 0 Å². The summed E-state index contributed by atoms with van der Waals surface area (Å²) in [7, 11) is 0. The third-order valence-corrected chi connectivity index (χ3v) is 3.79. The lowest BCUT2D eigenvalue weighted by molar-refractivity contribution is 0.628. The Bertz CT molecular complexity index is 627. The number of hydrogen-bond acceptors (Lipinski definition) is 3. The van der Waals surface area contributed by atoms with Crippen LogP contribution in [0.3, 0.4) is 0 Å². The minimum Gasteiger partial charge on any atom is -0.341 e. The lowest BCUT2D eigenvalue weighted by Crippen LogP contribution is -2.17. The number of halogens is 1. The summed E-state index contributed by atoms with van der Waals surface area (Å²) in [6.07, 6.45) is 3.90. The van der Waals surface area contributed by atoms with E-state index in [4.69, 9.17) is 0 Å². The zero-order valence-electron chi connectivity index (χ0n) is 12.3. The molecular weight excluding hydrogens is 265 g/mol. The number of nitrogens with zero attached hydrogens (tertiary/aromatic N) is 2. The second kappa shape index (κ2) is 6.22. The van der Waals surface area contributed by atoms with Crippen LogP contribution in [0, 0.1) is 5.82 Å². The van der Waals surface area contributed by atoms with Crippen LogP contribution >= 0.6 is 0 Å². The smallest absolute Gasteiger partial charge is 0.125 e. The van der Waals surface area contributed by atoms with E-state index >= 15 is 0 Å². The van der Waals surface area contributed by atoms with E-state index in [0.717, 1.165) is 49.5 Å². The number of fused-ring (bicyclic) bond motifs is 1. The van der Waals surface area contributed by atoms with E-state index in [1.807, 2.05) is 18.3 Å². The molecule has 0 spiro atoms. The Hall–Kier alpha value is -1.94. The van der Waals surface area contributed by atoms with Crippen LogP contribution in [0.5, 0.6) is 0 Å². The van der Waals surface area contributed by atoms with Crippen molar-refractivity contribution in [3.05, 3.63) is 53.6 Å². The van der Waals surface area contributed by atoms with Gasteiger partial charge < -0.3 is 10.2 Å². The maximum atomic E-state index is 13.5. The molecule has 0 saturated carbocycles. The maximum Gasteiger partial charge on any atom is 0.125 e. The van der Waals surface area contributed by atoms with Crippen molar-refractivity contribution in [3.8, 4) is 0 Å². The van der Waals surface area contributed by atoms with Gasteiger partial charge in [-0.25, -0.2) is 4.39 Å². The number of rotatable bonds is 5. The van der Waals surface area contributed by atoms with Crippen molar-refractivity contribution < 1.29 is 4.39 Å². The van der Waals surface area contributed by atoms with Gasteiger partial charge in [-0.1, -0.05) is 13.0 Å². The van der Waals surface area contributed by atoms with Gasteiger partial charge in [0.05, 0.1) is 5.69 Å². The minimum atomic E-state index is -0.181. The SMILES string of the molecule is CCCNCc1cc(N2CCc3ccc(F)cc32)ccn1. The normalized spacial score (nSPS) is 13.5. The molecule has 0 saturated heterocycles. The zero-order valence-corrected chi connectivity index (χ0v) is 12.3. The van der Waals surface area contributed by atoms with E-state index in [1.54, 1.807) is 6.07 Å². The van der Waals surface area contributed by atoms with Gasteiger partial charge in [-0.15, -0.1) is 0 Å². The molecule has 0 bridgehead atoms. The highest BCUT2D eigenvalue weighted by Crippen LogP contribution is 2.34. The van der Waals surface area contributed by atoms with Crippen LogP contribution < -0.4 is 10.2 Å². The van der Waals surface area contributed by atoms with Gasteiger partial charge in [0.25, 0.3) is 0 Å². The molecule has 21 heavy (non-hydrogen) atoms. The van der Waals surface area contributed by atoms with Crippen molar-refractivity contribution in [2.24, 2.45) is 0 Å². The molecular formula is C17H20FN3. The summed E-state index contributed by atoms with van der Waals surface area (Å²) in [5.41, 5.74) is 4.29. The van der Waals surface area contributed by atoms with Gasteiger partial charge in [0.15, 0.2) is 0 Å². The van der Waals surface area contributed by atoms with Crippen LogP contribution in [-0.2, 0) is 13.0 Å². The molecule has 1 aromatic heterocycles. The molecule has 3 nitrogen and oxygen atoms in total. The summed E-state index contributed by atoms with van der Waals surface area (Å²) in [5.74, 6) is -0.181. The monoisotopic (exact) mass is 285 g/mol. The van der Waals surface area contributed by atoms with E-state index in [1.165, 1.54) is 11.6 Å². The number of hydrogen-bond donors (Lipinski definition) is 1. The van der Waals surface area contributed by atoms with Gasteiger partial charge >= 0.3 is 0 Å². The summed E-state index contributed by atoms with van der Waals surface area (Å²) in [6.45, 7) is 4.80. The molecule has 2 heterocycles. The molecule has 0 radical (unpaired) electrons. The van der Waals surface area contributed by atoms with E-state index in [0.29, 0.717) is 0 Å². The molecule has 1 aromatic carbocycles. The Balaban J connectivity index is 1.82. The second-order valence-electron chi connectivity index (χ2n) is 5.36. The lowest BCUT2D eigenvalue weighted by atomic mass is 10.1. The molecule has 0 amide bonds. The standard InChI is InChI=1S/C17H20FN3/c1-2-7-19-12-15-11-16(5-8-20-15)21-9-6-13-3-4-14(18)10-17(13)21/h3-5,8,10-11,19H,2,6-7,9,12H2,1H3. The Kier molecular flexibility index (Phi) is 4.15. The fourth-order valence-electron chi connectivity index (χ4n) is 2.74. The first-order valence-electron chi connectivity index (χ1n) is 7.49. The predicted molar refractivity (Wildman–Crippen MR) is 83.3 cm³/mol. The number of aromatic nitrogens is 1. The van der Waals surface area contributed by atoms with Crippen LogP contribution in [0.4, 0.5) is 15.8 Å². The van der Waals surface area contributed by atoms with Gasteiger partial charge in [-0.05, 0) is 49.2 Å². The van der Waals surface area contributed by atoms with E-state index in [9.17, 15) is 4.39 Å². The van der Waals surface area contributed by atoms with Gasteiger partial charge in [-0.3, -0.25) is 4.98 Å². The van der Waals surface area contributed by atoms with Crippen molar-refractivity contribution >= 4 is 11.4 Å². The molecule has 0 unspecified atom stereocenters. The number of benzene rings is 1. The molecule has 4 heteroatoms. The Labute approximate surface area is 124 Å². The van der Waals surface area contributed by atoms with Crippen molar-refractivity contribution in [1.82, 2.24) is 10.3 Å². The molecule has 1 aliphatic rings. The molecule has 0 atom stereocenters. The summed E-state index contributed by atoms with van der Waals surface area (Å²) in [5, 5.41) is 3.36. The fraction of sp³-hybridized carbons (Fsp3) is 0.353. The minimum absolute atomic E-state index is 0.181. The highest BCUT2D eigenvalue weighted by Gasteiger charge is 2.21. The first kappa shape index (κ1) is 14.0. The predicted octanol–water partition coefficient (Wildman–Crippen LogP) is 3.41. The van der Waals surface area contributed by atoms with Crippen molar-refractivity contribution in [2.75, 3.05) is 18.0 Å². The molecule has 110 valence electrons. The summed E-state index contributed by atoms with van der Waals surface area (Å²) >= 11 is 0. The number of pyridine rings is 1. The van der Waals surface area contributed by atoms with Crippen LogP contribution in [0.25, 0.3) is 0 Å². The Morgan fingerprint density at radius 1 is 1.29 bits per heavy atom. The van der Waals surface area contributed by atoms with Crippen LogP contribution in [0.1, 0.15) is 24.6 Å². The molecule has 0 aliphatic carbocycles. The second-order valence-corrected chi connectivity index (χ2v) is 5.36. The van der Waals surface area contributed by atoms with Crippen LogP contribution in [-0.4, -0.2) is 18.1 Å². The molecule has 0 fully saturated rings. The average molecular weight is 285 g/mol. The topological polar surface area (TPSA) is 28.2 Å². The highest BCUT2D eigenvalue weighted by molar-refractivity contribution is 5.69. The summed E-state index contributed by atoms with van der Waals surface area (Å²) < 4.78 is 13.5. The van der Waals surface area contributed by atoms with Gasteiger partial charge in [0.1, 0.15) is 5.82 Å².